The van der Waals surface area contributed by atoms with Gasteiger partial charge in [0.05, 0.1) is 24.3 Å². The van der Waals surface area contributed by atoms with Gasteiger partial charge in [0, 0.05) is 24.4 Å². The lowest BCUT2D eigenvalue weighted by Gasteiger charge is -2.00. The highest BCUT2D eigenvalue weighted by Crippen LogP contribution is 2.28. The molecule has 3 rings (SSSR count). The van der Waals surface area contributed by atoms with Crippen LogP contribution in [0, 0.1) is 0 Å². The van der Waals surface area contributed by atoms with E-state index in [9.17, 15) is 8.42 Å². The van der Waals surface area contributed by atoms with Gasteiger partial charge in [-0.1, -0.05) is 0 Å². The Bertz CT molecular complexity index is 690. The van der Waals surface area contributed by atoms with Crippen molar-refractivity contribution in [3.05, 3.63) is 30.2 Å². The monoisotopic (exact) mass is 266 g/mol. The average Bonchev–Trinajstić information content (AvgIpc) is 2.90. The van der Waals surface area contributed by atoms with Gasteiger partial charge >= 0.3 is 0 Å². The molecule has 0 bridgehead atoms. The summed E-state index contributed by atoms with van der Waals surface area (Å²) in [4.78, 5) is 4.49. The fraction of sp³-hybridized carbons (Fsp3) is 0.417. The molecule has 1 unspecified atom stereocenters. The molecule has 18 heavy (non-hydrogen) atoms. The van der Waals surface area contributed by atoms with Crippen LogP contribution in [0.4, 0.5) is 0 Å². The Balaban J connectivity index is 1.99. The van der Waals surface area contributed by atoms with E-state index in [1.165, 1.54) is 0 Å². The summed E-state index contributed by atoms with van der Waals surface area (Å²) in [5.41, 5.74) is 1.64. The number of sulfone groups is 1. The van der Waals surface area contributed by atoms with Crippen LogP contribution in [0.5, 0.6) is 5.75 Å². The molecular weight excluding hydrogens is 252 g/mol. The molecule has 0 amide bonds. The summed E-state index contributed by atoms with van der Waals surface area (Å²) in [6.45, 7) is 0. The number of hydrogen-bond donors (Lipinski definition) is 0. The number of rotatable bonds is 2. The van der Waals surface area contributed by atoms with Crippen LogP contribution in [0.15, 0.2) is 24.5 Å². The molecule has 5 nitrogen and oxygen atoms in total. The summed E-state index contributed by atoms with van der Waals surface area (Å²) in [6, 6.07) is 3.69. The largest absolute Gasteiger partial charge is 0.497 e. The van der Waals surface area contributed by atoms with E-state index in [4.69, 9.17) is 4.74 Å². The average molecular weight is 266 g/mol. The first kappa shape index (κ1) is 11.5. The molecule has 2 aromatic rings. The molecule has 0 aromatic carbocycles. The van der Waals surface area contributed by atoms with Crippen LogP contribution < -0.4 is 4.74 Å². The standard InChI is InChI=1S/C12H14N2O3S/c1-17-10-2-4-14-7-11(13-12(14)6-10)9-3-5-18(15,16)8-9/h2,4,6-7,9H,3,5,8H2,1H3. The van der Waals surface area contributed by atoms with Gasteiger partial charge in [0.25, 0.3) is 0 Å². The molecule has 96 valence electrons. The van der Waals surface area contributed by atoms with E-state index in [1.54, 1.807) is 7.11 Å². The van der Waals surface area contributed by atoms with E-state index < -0.39 is 9.84 Å². The Kier molecular flexibility index (Phi) is 2.55. The third-order valence-electron chi connectivity index (χ3n) is 3.34. The van der Waals surface area contributed by atoms with Gasteiger partial charge in [-0.2, -0.15) is 0 Å². The Morgan fingerprint density at radius 1 is 1.50 bits per heavy atom. The first-order chi connectivity index (χ1) is 8.57. The van der Waals surface area contributed by atoms with Crippen molar-refractivity contribution < 1.29 is 13.2 Å². The first-order valence-corrected chi connectivity index (χ1v) is 7.62. The van der Waals surface area contributed by atoms with Crippen molar-refractivity contribution in [3.63, 3.8) is 0 Å². The lowest BCUT2D eigenvalue weighted by Crippen LogP contribution is -2.03. The smallest absolute Gasteiger partial charge is 0.151 e. The molecule has 0 N–H and O–H groups in total. The molecule has 0 saturated carbocycles. The third-order valence-corrected chi connectivity index (χ3v) is 5.10. The van der Waals surface area contributed by atoms with Gasteiger partial charge in [-0.05, 0) is 12.5 Å². The molecular formula is C12H14N2O3S. The maximum Gasteiger partial charge on any atom is 0.151 e. The Morgan fingerprint density at radius 3 is 3.00 bits per heavy atom. The van der Waals surface area contributed by atoms with Crippen LogP contribution in [0.2, 0.25) is 0 Å². The maximum absolute atomic E-state index is 11.5. The summed E-state index contributed by atoms with van der Waals surface area (Å²) in [5.74, 6) is 1.27. The number of nitrogens with zero attached hydrogens (tertiary/aromatic N) is 2. The second-order valence-electron chi connectivity index (χ2n) is 4.60. The van der Waals surface area contributed by atoms with Crippen molar-refractivity contribution in [2.45, 2.75) is 12.3 Å². The van der Waals surface area contributed by atoms with Gasteiger partial charge in [0.2, 0.25) is 0 Å². The number of hydrogen-bond acceptors (Lipinski definition) is 4. The molecule has 0 spiro atoms. The van der Waals surface area contributed by atoms with Gasteiger partial charge in [0.15, 0.2) is 9.84 Å². The van der Waals surface area contributed by atoms with Gasteiger partial charge in [-0.15, -0.1) is 0 Å². The molecule has 1 aliphatic rings. The van der Waals surface area contributed by atoms with Crippen LogP contribution in [0.1, 0.15) is 18.0 Å². The van der Waals surface area contributed by atoms with Gasteiger partial charge < -0.3 is 9.14 Å². The summed E-state index contributed by atoms with van der Waals surface area (Å²) in [6.07, 6.45) is 4.44. The van der Waals surface area contributed by atoms with E-state index in [0.29, 0.717) is 6.42 Å². The van der Waals surface area contributed by atoms with Crippen LogP contribution >= 0.6 is 0 Å². The van der Waals surface area contributed by atoms with E-state index >= 15 is 0 Å². The summed E-state index contributed by atoms with van der Waals surface area (Å²) in [5, 5.41) is 0. The van der Waals surface area contributed by atoms with Gasteiger partial charge in [-0.3, -0.25) is 0 Å². The van der Waals surface area contributed by atoms with Crippen molar-refractivity contribution in [3.8, 4) is 5.75 Å². The van der Waals surface area contributed by atoms with Crippen LogP contribution in [0.25, 0.3) is 5.65 Å². The van der Waals surface area contributed by atoms with Crippen molar-refractivity contribution >= 4 is 15.5 Å². The number of pyridine rings is 1. The molecule has 6 heteroatoms. The van der Waals surface area contributed by atoms with E-state index in [0.717, 1.165) is 17.1 Å². The summed E-state index contributed by atoms with van der Waals surface area (Å²) in [7, 11) is -1.26. The highest BCUT2D eigenvalue weighted by molar-refractivity contribution is 7.91. The van der Waals surface area contributed by atoms with Gasteiger partial charge in [0.1, 0.15) is 11.4 Å². The van der Waals surface area contributed by atoms with Crippen molar-refractivity contribution in [1.82, 2.24) is 9.38 Å². The topological polar surface area (TPSA) is 60.7 Å². The second-order valence-corrected chi connectivity index (χ2v) is 6.83. The fourth-order valence-electron chi connectivity index (χ4n) is 2.33. The summed E-state index contributed by atoms with van der Waals surface area (Å²) >= 11 is 0. The Hall–Kier alpha value is -1.56. The first-order valence-electron chi connectivity index (χ1n) is 5.80. The zero-order valence-corrected chi connectivity index (χ0v) is 10.9. The Labute approximate surface area is 105 Å². The number of methoxy groups -OCH3 is 1. The minimum atomic E-state index is -2.87. The highest BCUT2D eigenvalue weighted by Gasteiger charge is 2.30. The van der Waals surface area contributed by atoms with Crippen LogP contribution in [-0.2, 0) is 9.84 Å². The van der Waals surface area contributed by atoms with Crippen molar-refractivity contribution in [2.75, 3.05) is 18.6 Å². The highest BCUT2D eigenvalue weighted by atomic mass is 32.2. The minimum absolute atomic E-state index is 0.0286. The molecule has 3 heterocycles. The second kappa shape index (κ2) is 3.98. The van der Waals surface area contributed by atoms with E-state index in [-0.39, 0.29) is 17.4 Å². The lowest BCUT2D eigenvalue weighted by molar-refractivity contribution is 0.414. The maximum atomic E-state index is 11.5. The molecule has 0 radical (unpaired) electrons. The van der Waals surface area contributed by atoms with E-state index in [2.05, 4.69) is 4.98 Å². The minimum Gasteiger partial charge on any atom is -0.497 e. The predicted molar refractivity (Wildman–Crippen MR) is 67.8 cm³/mol. The van der Waals surface area contributed by atoms with Crippen molar-refractivity contribution in [1.29, 1.82) is 0 Å². The Morgan fingerprint density at radius 2 is 2.33 bits per heavy atom. The SMILES string of the molecule is COc1ccn2cc(C3CCS(=O)(=O)C3)nc2c1. The normalized spacial score (nSPS) is 22.4. The summed E-state index contributed by atoms with van der Waals surface area (Å²) < 4.78 is 30.0. The number of fused-ring (bicyclic) bond motifs is 1. The van der Waals surface area contributed by atoms with Crippen molar-refractivity contribution in [2.24, 2.45) is 0 Å². The molecule has 1 saturated heterocycles. The predicted octanol–water partition coefficient (Wildman–Crippen LogP) is 1.24. The number of imidazole rings is 1. The van der Waals surface area contributed by atoms with Gasteiger partial charge in [-0.25, -0.2) is 13.4 Å². The molecule has 1 aliphatic heterocycles. The van der Waals surface area contributed by atoms with Crippen LogP contribution in [0.3, 0.4) is 0 Å². The fourth-order valence-corrected chi connectivity index (χ4v) is 4.10. The lowest BCUT2D eigenvalue weighted by atomic mass is 10.1. The van der Waals surface area contributed by atoms with E-state index in [1.807, 2.05) is 28.9 Å². The molecule has 0 aliphatic carbocycles. The number of aromatic nitrogens is 2. The zero-order chi connectivity index (χ0) is 12.8. The van der Waals surface area contributed by atoms with Crippen LogP contribution in [-0.4, -0.2) is 36.4 Å². The molecule has 2 aromatic heterocycles. The third kappa shape index (κ3) is 1.96. The zero-order valence-electron chi connectivity index (χ0n) is 10.0. The molecule has 1 fully saturated rings. The molecule has 1 atom stereocenters. The number of ether oxygens (including phenoxy) is 1. The quantitative estimate of drug-likeness (QED) is 0.820.